The van der Waals surface area contributed by atoms with Crippen molar-refractivity contribution < 1.29 is 0 Å². The highest BCUT2D eigenvalue weighted by Gasteiger charge is 2.08. The molecule has 2 rings (SSSR count). The molecule has 0 aliphatic rings. The highest BCUT2D eigenvalue weighted by molar-refractivity contribution is 5.35. The molecular formula is C12H16N4. The first-order valence-corrected chi connectivity index (χ1v) is 5.40. The maximum absolute atomic E-state index is 5.59. The summed E-state index contributed by atoms with van der Waals surface area (Å²) in [6.45, 7) is 4.63. The van der Waals surface area contributed by atoms with E-state index in [0.717, 1.165) is 29.2 Å². The van der Waals surface area contributed by atoms with Gasteiger partial charge >= 0.3 is 0 Å². The van der Waals surface area contributed by atoms with Gasteiger partial charge in [0.25, 0.3) is 0 Å². The Labute approximate surface area is 95.1 Å². The van der Waals surface area contributed by atoms with Crippen LogP contribution in [0.2, 0.25) is 0 Å². The number of aromatic nitrogens is 3. The van der Waals surface area contributed by atoms with Crippen LogP contribution in [0.5, 0.6) is 0 Å². The SMILES string of the molecule is Cc1cc(C)n(-c2ncccc2CCN)n1. The standard InChI is InChI=1S/C12H16N4/c1-9-8-10(2)16(15-9)12-11(5-6-13)4-3-7-14-12/h3-4,7-8H,5-6,13H2,1-2H3. The van der Waals surface area contributed by atoms with Crippen molar-refractivity contribution >= 4 is 0 Å². The molecule has 2 N–H and O–H groups in total. The van der Waals surface area contributed by atoms with Gasteiger partial charge in [0.1, 0.15) is 0 Å². The third-order valence-corrected chi connectivity index (χ3v) is 2.49. The van der Waals surface area contributed by atoms with Gasteiger partial charge in [-0.15, -0.1) is 0 Å². The van der Waals surface area contributed by atoms with Gasteiger partial charge in [-0.2, -0.15) is 5.10 Å². The second kappa shape index (κ2) is 4.45. The lowest BCUT2D eigenvalue weighted by Crippen LogP contribution is -2.10. The molecular weight excluding hydrogens is 200 g/mol. The van der Waals surface area contributed by atoms with Gasteiger partial charge in [-0.05, 0) is 44.5 Å². The molecule has 0 fully saturated rings. The van der Waals surface area contributed by atoms with Gasteiger partial charge in [-0.25, -0.2) is 9.67 Å². The van der Waals surface area contributed by atoms with Gasteiger partial charge < -0.3 is 5.73 Å². The molecule has 0 saturated carbocycles. The molecule has 0 spiro atoms. The van der Waals surface area contributed by atoms with Crippen LogP contribution in [-0.4, -0.2) is 21.3 Å². The molecule has 0 radical (unpaired) electrons. The van der Waals surface area contributed by atoms with Crippen LogP contribution in [0.25, 0.3) is 5.82 Å². The fourth-order valence-corrected chi connectivity index (χ4v) is 1.81. The van der Waals surface area contributed by atoms with Gasteiger partial charge in [-0.3, -0.25) is 0 Å². The molecule has 0 bridgehead atoms. The smallest absolute Gasteiger partial charge is 0.156 e. The molecule has 0 aromatic carbocycles. The summed E-state index contributed by atoms with van der Waals surface area (Å²) in [5, 5.41) is 4.44. The number of nitrogens with zero attached hydrogens (tertiary/aromatic N) is 3. The molecule has 2 aromatic rings. The molecule has 0 unspecified atom stereocenters. The second-order valence-electron chi connectivity index (χ2n) is 3.86. The number of hydrogen-bond donors (Lipinski definition) is 1. The number of pyridine rings is 1. The predicted octanol–water partition coefficient (Wildman–Crippen LogP) is 1.39. The minimum Gasteiger partial charge on any atom is -0.330 e. The molecule has 0 aliphatic carbocycles. The Bertz CT molecular complexity index is 488. The summed E-state index contributed by atoms with van der Waals surface area (Å²) in [4.78, 5) is 4.39. The Balaban J connectivity index is 2.50. The maximum atomic E-state index is 5.59. The van der Waals surface area contributed by atoms with Crippen molar-refractivity contribution in [3.63, 3.8) is 0 Å². The van der Waals surface area contributed by atoms with Crippen LogP contribution in [0.3, 0.4) is 0 Å². The molecule has 4 heteroatoms. The fourth-order valence-electron chi connectivity index (χ4n) is 1.81. The van der Waals surface area contributed by atoms with Crippen LogP contribution < -0.4 is 5.73 Å². The zero-order valence-electron chi connectivity index (χ0n) is 9.64. The van der Waals surface area contributed by atoms with E-state index in [1.807, 2.05) is 36.7 Å². The maximum Gasteiger partial charge on any atom is 0.156 e. The topological polar surface area (TPSA) is 56.7 Å². The lowest BCUT2D eigenvalue weighted by Gasteiger charge is -2.08. The fraction of sp³-hybridized carbons (Fsp3) is 0.333. The largest absolute Gasteiger partial charge is 0.330 e. The summed E-state index contributed by atoms with van der Waals surface area (Å²) in [6, 6.07) is 6.02. The van der Waals surface area contributed by atoms with Crippen LogP contribution in [0.4, 0.5) is 0 Å². The average Bonchev–Trinajstić information content (AvgIpc) is 2.59. The monoisotopic (exact) mass is 216 g/mol. The molecule has 2 aromatic heterocycles. The van der Waals surface area contributed by atoms with Crippen molar-refractivity contribution in [2.45, 2.75) is 20.3 Å². The highest BCUT2D eigenvalue weighted by Crippen LogP contribution is 2.14. The van der Waals surface area contributed by atoms with Crippen LogP contribution in [0, 0.1) is 13.8 Å². The molecule has 0 amide bonds. The Morgan fingerprint density at radius 1 is 1.38 bits per heavy atom. The number of hydrogen-bond acceptors (Lipinski definition) is 3. The van der Waals surface area contributed by atoms with Crippen LogP contribution >= 0.6 is 0 Å². The van der Waals surface area contributed by atoms with Crippen molar-refractivity contribution in [1.82, 2.24) is 14.8 Å². The van der Waals surface area contributed by atoms with Crippen molar-refractivity contribution in [2.75, 3.05) is 6.54 Å². The molecule has 0 atom stereocenters. The van der Waals surface area contributed by atoms with E-state index in [0.29, 0.717) is 6.54 Å². The first-order chi connectivity index (χ1) is 7.72. The van der Waals surface area contributed by atoms with Crippen molar-refractivity contribution in [1.29, 1.82) is 0 Å². The summed E-state index contributed by atoms with van der Waals surface area (Å²) in [5.74, 6) is 0.888. The number of aryl methyl sites for hydroxylation is 2. The third kappa shape index (κ3) is 1.97. The van der Waals surface area contributed by atoms with E-state index in [4.69, 9.17) is 5.73 Å². The van der Waals surface area contributed by atoms with Crippen molar-refractivity contribution in [3.8, 4) is 5.82 Å². The minimum atomic E-state index is 0.623. The summed E-state index contributed by atoms with van der Waals surface area (Å²) >= 11 is 0. The summed E-state index contributed by atoms with van der Waals surface area (Å²) in [5.41, 5.74) is 8.82. The number of nitrogens with two attached hydrogens (primary N) is 1. The summed E-state index contributed by atoms with van der Waals surface area (Å²) < 4.78 is 1.88. The summed E-state index contributed by atoms with van der Waals surface area (Å²) in [7, 11) is 0. The van der Waals surface area contributed by atoms with Crippen LogP contribution in [0.1, 0.15) is 17.0 Å². The van der Waals surface area contributed by atoms with Crippen molar-refractivity contribution in [3.05, 3.63) is 41.3 Å². The van der Waals surface area contributed by atoms with Gasteiger partial charge in [0.2, 0.25) is 0 Å². The van der Waals surface area contributed by atoms with Gasteiger partial charge in [0.15, 0.2) is 5.82 Å². The molecule has 16 heavy (non-hydrogen) atoms. The van der Waals surface area contributed by atoms with E-state index < -0.39 is 0 Å². The first-order valence-electron chi connectivity index (χ1n) is 5.40. The normalized spacial score (nSPS) is 10.7. The Morgan fingerprint density at radius 2 is 2.19 bits per heavy atom. The molecule has 2 heterocycles. The van der Waals surface area contributed by atoms with Gasteiger partial charge in [0.05, 0.1) is 5.69 Å². The lowest BCUT2D eigenvalue weighted by molar-refractivity contribution is 0.785. The quantitative estimate of drug-likeness (QED) is 0.843. The van der Waals surface area contributed by atoms with Gasteiger partial charge in [-0.1, -0.05) is 6.07 Å². The predicted molar refractivity (Wildman–Crippen MR) is 63.6 cm³/mol. The van der Waals surface area contributed by atoms with Crippen LogP contribution in [0.15, 0.2) is 24.4 Å². The van der Waals surface area contributed by atoms with E-state index in [-0.39, 0.29) is 0 Å². The van der Waals surface area contributed by atoms with E-state index in [9.17, 15) is 0 Å². The third-order valence-electron chi connectivity index (χ3n) is 2.49. The average molecular weight is 216 g/mol. The second-order valence-corrected chi connectivity index (χ2v) is 3.86. The zero-order valence-corrected chi connectivity index (χ0v) is 9.64. The summed E-state index contributed by atoms with van der Waals surface area (Å²) in [6.07, 6.45) is 2.60. The molecule has 4 nitrogen and oxygen atoms in total. The molecule has 0 saturated heterocycles. The van der Waals surface area contributed by atoms with E-state index in [2.05, 4.69) is 10.1 Å². The zero-order chi connectivity index (χ0) is 11.5. The Morgan fingerprint density at radius 3 is 2.81 bits per heavy atom. The van der Waals surface area contributed by atoms with E-state index in [1.165, 1.54) is 0 Å². The molecule has 84 valence electrons. The van der Waals surface area contributed by atoms with E-state index in [1.54, 1.807) is 6.20 Å². The first kappa shape index (κ1) is 10.8. The van der Waals surface area contributed by atoms with Crippen molar-refractivity contribution in [2.24, 2.45) is 5.73 Å². The lowest BCUT2D eigenvalue weighted by atomic mass is 10.2. The molecule has 0 aliphatic heterocycles. The van der Waals surface area contributed by atoms with Crippen LogP contribution in [-0.2, 0) is 6.42 Å². The Kier molecular flexibility index (Phi) is 3.01. The van der Waals surface area contributed by atoms with Gasteiger partial charge in [0, 0.05) is 11.9 Å². The number of rotatable bonds is 3. The highest BCUT2D eigenvalue weighted by atomic mass is 15.3. The van der Waals surface area contributed by atoms with E-state index >= 15 is 0 Å². The minimum absolute atomic E-state index is 0.623. The Hall–Kier alpha value is -1.68.